The smallest absolute Gasteiger partial charge is 0.257 e. The summed E-state index contributed by atoms with van der Waals surface area (Å²) in [4.78, 5) is 15.0. The lowest BCUT2D eigenvalue weighted by molar-refractivity contribution is 0.00911. The van der Waals surface area contributed by atoms with Gasteiger partial charge in [-0.3, -0.25) is 9.69 Å². The summed E-state index contributed by atoms with van der Waals surface area (Å²) >= 11 is 0. The monoisotopic (exact) mass is 327 g/mol. The first-order valence-corrected chi connectivity index (χ1v) is 8.51. The molecule has 2 aliphatic heterocycles. The first kappa shape index (κ1) is 14.4. The third kappa shape index (κ3) is 2.13. The zero-order chi connectivity index (χ0) is 16.8. The van der Waals surface area contributed by atoms with Crippen LogP contribution in [0.25, 0.3) is 0 Å². The van der Waals surface area contributed by atoms with Crippen molar-refractivity contribution in [3.05, 3.63) is 107 Å². The molecule has 3 nitrogen and oxygen atoms in total. The van der Waals surface area contributed by atoms with Crippen LogP contribution in [0.3, 0.4) is 0 Å². The average molecular weight is 327 g/mol. The molecule has 1 fully saturated rings. The van der Waals surface area contributed by atoms with E-state index in [1.165, 1.54) is 0 Å². The lowest BCUT2D eigenvalue weighted by Gasteiger charge is -2.25. The summed E-state index contributed by atoms with van der Waals surface area (Å²) in [7, 11) is 0. The highest BCUT2D eigenvalue weighted by Gasteiger charge is 2.51. The number of nitrogens with zero attached hydrogens (tertiary/aromatic N) is 1. The first-order valence-electron chi connectivity index (χ1n) is 8.51. The molecule has 0 aliphatic carbocycles. The van der Waals surface area contributed by atoms with Crippen molar-refractivity contribution in [3.8, 4) is 0 Å². The third-order valence-corrected chi connectivity index (χ3v) is 5.08. The van der Waals surface area contributed by atoms with Crippen molar-refractivity contribution in [2.24, 2.45) is 0 Å². The van der Waals surface area contributed by atoms with Gasteiger partial charge in [-0.05, 0) is 17.2 Å². The highest BCUT2D eigenvalue weighted by Crippen LogP contribution is 2.54. The van der Waals surface area contributed by atoms with Gasteiger partial charge in [0.05, 0.1) is 6.04 Å². The molecule has 3 aromatic rings. The quantitative estimate of drug-likeness (QED) is 0.685. The minimum Gasteiger partial charge on any atom is -0.343 e. The van der Waals surface area contributed by atoms with Crippen molar-refractivity contribution < 1.29 is 9.53 Å². The summed E-state index contributed by atoms with van der Waals surface area (Å²) in [5, 5.41) is 0. The van der Waals surface area contributed by atoms with Crippen molar-refractivity contribution in [1.82, 2.24) is 4.90 Å². The van der Waals surface area contributed by atoms with Gasteiger partial charge in [-0.15, -0.1) is 0 Å². The van der Waals surface area contributed by atoms with E-state index in [4.69, 9.17) is 4.74 Å². The molecule has 3 aromatic carbocycles. The third-order valence-electron chi connectivity index (χ3n) is 5.08. The Balaban J connectivity index is 1.66. The van der Waals surface area contributed by atoms with E-state index in [1.54, 1.807) is 0 Å². The second kappa shape index (κ2) is 5.57. The maximum absolute atomic E-state index is 13.1. The molecule has 122 valence electrons. The Morgan fingerprint density at radius 3 is 2.04 bits per heavy atom. The highest BCUT2D eigenvalue weighted by molar-refractivity contribution is 5.99. The molecule has 1 saturated heterocycles. The van der Waals surface area contributed by atoms with Gasteiger partial charge in [0.2, 0.25) is 0 Å². The number of ether oxygens (including phenoxy) is 1. The summed E-state index contributed by atoms with van der Waals surface area (Å²) in [6.07, 6.45) is -0.495. The molecule has 0 saturated carbocycles. The predicted molar refractivity (Wildman–Crippen MR) is 94.8 cm³/mol. The van der Waals surface area contributed by atoms with E-state index in [0.29, 0.717) is 0 Å². The Morgan fingerprint density at radius 1 is 0.720 bits per heavy atom. The number of fused-ring (bicyclic) bond motifs is 3. The molecule has 0 spiro atoms. The van der Waals surface area contributed by atoms with Crippen LogP contribution in [0.15, 0.2) is 84.9 Å². The van der Waals surface area contributed by atoms with Crippen LogP contribution in [0.4, 0.5) is 0 Å². The van der Waals surface area contributed by atoms with E-state index in [1.807, 2.05) is 65.6 Å². The van der Waals surface area contributed by atoms with Gasteiger partial charge in [0.15, 0.2) is 6.23 Å². The number of rotatable bonds is 2. The summed E-state index contributed by atoms with van der Waals surface area (Å²) in [6, 6.07) is 27.9. The number of carbonyl (C=O) groups excluding carboxylic acids is 1. The van der Waals surface area contributed by atoms with Crippen LogP contribution in [0.1, 0.15) is 45.4 Å². The predicted octanol–water partition coefficient (Wildman–Crippen LogP) is 4.65. The number of carbonyl (C=O) groups is 1. The molecule has 3 atom stereocenters. The van der Waals surface area contributed by atoms with E-state index in [9.17, 15) is 4.79 Å². The number of benzene rings is 3. The normalized spacial score (nSPS) is 24.2. The summed E-state index contributed by atoms with van der Waals surface area (Å²) in [5.41, 5.74) is 3.91. The lowest BCUT2D eigenvalue weighted by atomic mass is 9.95. The standard InChI is InChI=1S/C22H17NO2/c24-21-17-13-7-8-14-18(17)22-23(21)19(15-9-3-1-4-10-15)20(25-22)16-11-5-2-6-12-16/h1-14,19-20,22H/t19-,20+,22+/m1/s1. The van der Waals surface area contributed by atoms with E-state index >= 15 is 0 Å². The Hall–Kier alpha value is -2.91. The summed E-state index contributed by atoms with van der Waals surface area (Å²) in [5.74, 6) is 0.0490. The first-order chi connectivity index (χ1) is 12.3. The fourth-order valence-corrected chi connectivity index (χ4v) is 3.96. The van der Waals surface area contributed by atoms with E-state index in [2.05, 4.69) is 24.3 Å². The Kier molecular flexibility index (Phi) is 3.22. The molecular weight excluding hydrogens is 310 g/mol. The van der Waals surface area contributed by atoms with Gasteiger partial charge in [0.25, 0.3) is 5.91 Å². The zero-order valence-electron chi connectivity index (χ0n) is 13.6. The molecule has 25 heavy (non-hydrogen) atoms. The maximum atomic E-state index is 13.1. The molecule has 0 bridgehead atoms. The van der Waals surface area contributed by atoms with Crippen LogP contribution in [0.5, 0.6) is 0 Å². The molecule has 1 amide bonds. The van der Waals surface area contributed by atoms with Gasteiger partial charge in [-0.2, -0.15) is 0 Å². The van der Waals surface area contributed by atoms with Gasteiger partial charge in [0.1, 0.15) is 6.10 Å². The number of hydrogen-bond acceptors (Lipinski definition) is 2. The minimum atomic E-state index is -0.320. The number of amides is 1. The van der Waals surface area contributed by atoms with Gasteiger partial charge < -0.3 is 4.74 Å². The molecular formula is C22H17NO2. The van der Waals surface area contributed by atoms with Crippen LogP contribution in [-0.4, -0.2) is 10.8 Å². The van der Waals surface area contributed by atoms with Crippen LogP contribution in [0, 0.1) is 0 Å². The van der Waals surface area contributed by atoms with Gasteiger partial charge in [-0.1, -0.05) is 78.9 Å². The lowest BCUT2D eigenvalue weighted by Crippen LogP contribution is -2.28. The molecule has 0 N–H and O–H groups in total. The summed E-state index contributed by atoms with van der Waals surface area (Å²) in [6.45, 7) is 0. The Bertz CT molecular complexity index is 923. The van der Waals surface area contributed by atoms with Crippen LogP contribution >= 0.6 is 0 Å². The van der Waals surface area contributed by atoms with Crippen molar-refractivity contribution in [3.63, 3.8) is 0 Å². The minimum absolute atomic E-state index is 0.0490. The highest BCUT2D eigenvalue weighted by atomic mass is 16.5. The fraction of sp³-hybridized carbons (Fsp3) is 0.136. The fourth-order valence-electron chi connectivity index (χ4n) is 3.96. The molecule has 0 unspecified atom stereocenters. The van der Waals surface area contributed by atoms with Crippen LogP contribution in [0.2, 0.25) is 0 Å². The van der Waals surface area contributed by atoms with Gasteiger partial charge in [-0.25, -0.2) is 0 Å². The van der Waals surface area contributed by atoms with Crippen molar-refractivity contribution in [2.45, 2.75) is 18.4 Å². The molecule has 2 aliphatic rings. The van der Waals surface area contributed by atoms with Crippen LogP contribution in [-0.2, 0) is 4.74 Å². The van der Waals surface area contributed by atoms with E-state index in [0.717, 1.165) is 22.3 Å². The molecule has 0 radical (unpaired) electrons. The Labute approximate surface area is 146 Å². The average Bonchev–Trinajstić information content (AvgIpc) is 3.20. The number of hydrogen-bond donors (Lipinski definition) is 0. The topological polar surface area (TPSA) is 29.5 Å². The van der Waals surface area contributed by atoms with Crippen molar-refractivity contribution in [2.75, 3.05) is 0 Å². The summed E-state index contributed by atoms with van der Waals surface area (Å²) < 4.78 is 6.44. The van der Waals surface area contributed by atoms with Crippen molar-refractivity contribution >= 4 is 5.91 Å². The van der Waals surface area contributed by atoms with E-state index < -0.39 is 0 Å². The molecule has 5 rings (SSSR count). The van der Waals surface area contributed by atoms with E-state index in [-0.39, 0.29) is 24.3 Å². The van der Waals surface area contributed by atoms with Crippen molar-refractivity contribution in [1.29, 1.82) is 0 Å². The molecule has 3 heteroatoms. The largest absolute Gasteiger partial charge is 0.343 e. The second-order valence-electron chi connectivity index (χ2n) is 6.47. The maximum Gasteiger partial charge on any atom is 0.257 e. The SMILES string of the molecule is O=C1c2ccccc2[C@@H]2O[C@@H](c3ccccc3)[C@@H](c3ccccc3)N12. The van der Waals surface area contributed by atoms with Crippen LogP contribution < -0.4 is 0 Å². The van der Waals surface area contributed by atoms with Gasteiger partial charge >= 0.3 is 0 Å². The Morgan fingerprint density at radius 2 is 1.32 bits per heavy atom. The zero-order valence-corrected chi connectivity index (χ0v) is 13.6. The molecule has 2 heterocycles. The second-order valence-corrected chi connectivity index (χ2v) is 6.47. The molecule has 0 aromatic heterocycles. The van der Waals surface area contributed by atoms with Gasteiger partial charge in [0, 0.05) is 11.1 Å².